The van der Waals surface area contributed by atoms with Crippen LogP contribution in [-0.4, -0.2) is 11.9 Å². The van der Waals surface area contributed by atoms with E-state index in [1.807, 2.05) is 54.6 Å². The van der Waals surface area contributed by atoms with Gasteiger partial charge < -0.3 is 14.8 Å². The third-order valence-corrected chi connectivity index (χ3v) is 12.6. The molecule has 5 heteroatoms. The van der Waals surface area contributed by atoms with Crippen LogP contribution in [0, 0.1) is 12.8 Å². The minimum atomic E-state index is -0.850. The predicted molar refractivity (Wildman–Crippen MR) is 229 cm³/mol. The molecule has 5 nitrogen and oxygen atoms in total. The summed E-state index contributed by atoms with van der Waals surface area (Å²) in [7, 11) is 0. The van der Waals surface area contributed by atoms with Crippen molar-refractivity contribution in [1.82, 2.24) is 5.32 Å². The quantitative estimate of drug-likeness (QED) is 0.0860. The van der Waals surface area contributed by atoms with Gasteiger partial charge in [0, 0.05) is 28.6 Å². The van der Waals surface area contributed by atoms with E-state index in [1.165, 1.54) is 62.5 Å². The molecule has 57 heavy (non-hydrogen) atoms. The second-order valence-corrected chi connectivity index (χ2v) is 16.2. The van der Waals surface area contributed by atoms with Crippen molar-refractivity contribution >= 4 is 28.7 Å². The van der Waals surface area contributed by atoms with Crippen molar-refractivity contribution in [2.45, 2.75) is 83.3 Å². The molecule has 1 fully saturated rings. The van der Waals surface area contributed by atoms with Gasteiger partial charge in [-0.1, -0.05) is 129 Å². The van der Waals surface area contributed by atoms with E-state index in [-0.39, 0.29) is 11.9 Å². The molecule has 9 rings (SSSR count). The number of esters is 1. The van der Waals surface area contributed by atoms with Crippen LogP contribution in [0.5, 0.6) is 11.5 Å². The second-order valence-electron chi connectivity index (χ2n) is 16.2. The van der Waals surface area contributed by atoms with Crippen LogP contribution in [0.25, 0.3) is 28.0 Å². The van der Waals surface area contributed by atoms with Crippen molar-refractivity contribution in [3.63, 3.8) is 0 Å². The minimum Gasteiger partial charge on any atom is -0.472 e. The Kier molecular flexibility index (Phi) is 10.00. The molecule has 1 aliphatic carbocycles. The average molecular weight is 752 g/mol. The highest BCUT2D eigenvalue weighted by Crippen LogP contribution is 2.49. The van der Waals surface area contributed by atoms with Crippen LogP contribution in [0.15, 0.2) is 127 Å². The van der Waals surface area contributed by atoms with Gasteiger partial charge in [0.05, 0.1) is 11.1 Å². The van der Waals surface area contributed by atoms with Crippen molar-refractivity contribution < 1.29 is 19.1 Å². The zero-order chi connectivity index (χ0) is 38.9. The van der Waals surface area contributed by atoms with Gasteiger partial charge in [0.2, 0.25) is 0 Å². The summed E-state index contributed by atoms with van der Waals surface area (Å²) in [6.45, 7) is 4.80. The number of ether oxygens (including phenoxy) is 2. The van der Waals surface area contributed by atoms with Crippen molar-refractivity contribution in [1.29, 1.82) is 0 Å². The molecular weight excluding hydrogens is 703 g/mol. The van der Waals surface area contributed by atoms with Crippen LogP contribution in [0.2, 0.25) is 0 Å². The molecule has 6 aromatic rings. The number of benzene rings is 6. The van der Waals surface area contributed by atoms with Crippen LogP contribution in [-0.2, 0) is 12.1 Å². The van der Waals surface area contributed by atoms with E-state index in [0.717, 1.165) is 55.8 Å². The predicted octanol–water partition coefficient (Wildman–Crippen LogP) is 12.5. The second kappa shape index (κ2) is 15.5. The first-order chi connectivity index (χ1) is 27.9. The number of aryl methyl sites for hydroxylation is 1. The monoisotopic (exact) mass is 751 g/mol. The number of amides is 1. The normalized spacial score (nSPS) is 19.7. The molecule has 1 saturated carbocycles. The van der Waals surface area contributed by atoms with E-state index in [4.69, 9.17) is 9.47 Å². The Morgan fingerprint density at radius 1 is 0.789 bits per heavy atom. The van der Waals surface area contributed by atoms with Crippen molar-refractivity contribution in [2.75, 3.05) is 0 Å². The number of unbranched alkanes of at least 4 members (excludes halogenated alkanes) is 2. The highest BCUT2D eigenvalue weighted by molar-refractivity contribution is 6.14. The minimum absolute atomic E-state index is 0.0851. The largest absolute Gasteiger partial charge is 0.472 e. The maximum absolute atomic E-state index is 13.4. The van der Waals surface area contributed by atoms with Crippen molar-refractivity contribution in [3.05, 3.63) is 172 Å². The number of hydrogen-bond acceptors (Lipinski definition) is 4. The summed E-state index contributed by atoms with van der Waals surface area (Å²) in [5.74, 6) is 2.31. The smallest absolute Gasteiger partial charge is 0.343 e. The van der Waals surface area contributed by atoms with Gasteiger partial charge in [-0.25, -0.2) is 4.79 Å². The number of carbonyl (C=O) groups is 2. The third-order valence-electron chi connectivity index (χ3n) is 12.6. The number of fused-ring (bicyclic) bond motifs is 6. The fourth-order valence-corrected chi connectivity index (χ4v) is 9.29. The maximum atomic E-state index is 13.4. The molecule has 286 valence electrons. The van der Waals surface area contributed by atoms with Crippen molar-refractivity contribution in [3.8, 4) is 22.6 Å². The van der Waals surface area contributed by atoms with Gasteiger partial charge in [-0.3, -0.25) is 4.79 Å². The first-order valence-corrected chi connectivity index (χ1v) is 20.7. The fraction of sp³-hybridized carbons (Fsp3) is 0.269. The summed E-state index contributed by atoms with van der Waals surface area (Å²) < 4.78 is 13.0. The SMILES string of the molecule is CCCCCC1CCC(c2ccc(OC(=O)c3ccc(-c4ccc5c6c(c7c(c5c4)C(=O)NC7)C=CC(c4ccccc4)(c4ccc(C)cc4)O6)cc3)cc2)CC1. The van der Waals surface area contributed by atoms with Crippen LogP contribution in [0.1, 0.15) is 118 Å². The Morgan fingerprint density at radius 3 is 2.25 bits per heavy atom. The Balaban J connectivity index is 0.956. The van der Waals surface area contributed by atoms with Crippen LogP contribution in [0.4, 0.5) is 0 Å². The molecule has 0 radical (unpaired) electrons. The summed E-state index contributed by atoms with van der Waals surface area (Å²) >= 11 is 0. The Labute approximate surface area is 335 Å². The van der Waals surface area contributed by atoms with Gasteiger partial charge in [0.25, 0.3) is 5.91 Å². The lowest BCUT2D eigenvalue weighted by atomic mass is 9.77. The Bertz CT molecular complexity index is 2460. The molecule has 1 amide bonds. The number of hydrogen-bond donors (Lipinski definition) is 1. The van der Waals surface area contributed by atoms with Gasteiger partial charge in [0.1, 0.15) is 11.5 Å². The molecule has 2 aliphatic heterocycles. The Morgan fingerprint density at radius 2 is 1.51 bits per heavy atom. The first-order valence-electron chi connectivity index (χ1n) is 20.7. The van der Waals surface area contributed by atoms with E-state index in [0.29, 0.717) is 29.3 Å². The van der Waals surface area contributed by atoms with Gasteiger partial charge in [0.15, 0.2) is 5.60 Å². The lowest BCUT2D eigenvalue weighted by Gasteiger charge is -2.37. The summed E-state index contributed by atoms with van der Waals surface area (Å²) in [5.41, 5.74) is 8.63. The van der Waals surface area contributed by atoms with E-state index >= 15 is 0 Å². The molecule has 6 aromatic carbocycles. The lowest BCUT2D eigenvalue weighted by Crippen LogP contribution is -2.34. The highest BCUT2D eigenvalue weighted by atomic mass is 16.5. The van der Waals surface area contributed by atoms with Gasteiger partial charge >= 0.3 is 5.97 Å². The summed E-state index contributed by atoms with van der Waals surface area (Å²) in [4.78, 5) is 26.7. The molecule has 1 unspecified atom stereocenters. The topological polar surface area (TPSA) is 64.6 Å². The van der Waals surface area contributed by atoms with Gasteiger partial charge in [-0.15, -0.1) is 0 Å². The molecule has 1 N–H and O–H groups in total. The molecule has 1 atom stereocenters. The molecule has 3 aliphatic rings. The van der Waals surface area contributed by atoms with E-state index in [2.05, 4.69) is 98.0 Å². The molecular formula is C52H49NO4. The van der Waals surface area contributed by atoms with E-state index in [1.54, 1.807) is 0 Å². The zero-order valence-electron chi connectivity index (χ0n) is 32.9. The molecule has 0 saturated heterocycles. The molecule has 0 spiro atoms. The van der Waals surface area contributed by atoms with E-state index in [9.17, 15) is 9.59 Å². The lowest BCUT2D eigenvalue weighted by molar-refractivity contribution is 0.0734. The van der Waals surface area contributed by atoms with Crippen LogP contribution in [0.3, 0.4) is 0 Å². The van der Waals surface area contributed by atoms with Crippen molar-refractivity contribution in [2.24, 2.45) is 5.92 Å². The number of rotatable bonds is 10. The van der Waals surface area contributed by atoms with Gasteiger partial charge in [-0.2, -0.15) is 0 Å². The Hall–Kier alpha value is -5.94. The van der Waals surface area contributed by atoms with E-state index < -0.39 is 5.60 Å². The highest BCUT2D eigenvalue weighted by Gasteiger charge is 2.40. The molecule has 2 heterocycles. The maximum Gasteiger partial charge on any atom is 0.343 e. The summed E-state index contributed by atoms with van der Waals surface area (Å²) in [6, 6.07) is 40.6. The average Bonchev–Trinajstić information content (AvgIpc) is 3.66. The number of nitrogens with one attached hydrogen (secondary N) is 1. The molecule has 0 aromatic heterocycles. The fourth-order valence-electron chi connectivity index (χ4n) is 9.29. The number of carbonyl (C=O) groups excluding carboxylic acids is 2. The van der Waals surface area contributed by atoms with Crippen LogP contribution < -0.4 is 14.8 Å². The summed E-state index contributed by atoms with van der Waals surface area (Å²) in [6.07, 6.45) is 14.7. The van der Waals surface area contributed by atoms with Crippen LogP contribution >= 0.6 is 0 Å². The third kappa shape index (κ3) is 7.05. The standard InChI is InChI=1S/C52H49NO4/c1-3-4-6-9-35-14-16-36(17-15-35)37-22-27-43(28-23-37)56-51(55)39-20-18-38(19-21-39)40-24-29-44-46(32-40)48-47(33-53-50(48)54)45-30-31-52(57-49(44)45,41-10-7-5-8-11-41)42-25-12-34(2)13-26-42/h5,7-8,10-13,18-32,35-36H,3-4,6,9,14-17,33H2,1-2H3,(H,53,54). The summed E-state index contributed by atoms with van der Waals surface area (Å²) in [5, 5.41) is 4.78. The van der Waals surface area contributed by atoms with Gasteiger partial charge in [-0.05, 0) is 115 Å². The zero-order valence-corrected chi connectivity index (χ0v) is 32.9. The molecule has 0 bridgehead atoms. The first kappa shape index (κ1) is 36.7.